The van der Waals surface area contributed by atoms with Gasteiger partial charge in [-0.2, -0.15) is 0 Å². The van der Waals surface area contributed by atoms with Gasteiger partial charge in [-0.25, -0.2) is 0 Å². The van der Waals surface area contributed by atoms with E-state index >= 15 is 0 Å². The number of amides is 1. The van der Waals surface area contributed by atoms with Crippen molar-refractivity contribution in [3.8, 4) is 0 Å². The lowest BCUT2D eigenvalue weighted by molar-refractivity contribution is -0.122. The summed E-state index contributed by atoms with van der Waals surface area (Å²) in [6.07, 6.45) is 6.72. The van der Waals surface area contributed by atoms with Crippen LogP contribution < -0.4 is 5.32 Å². The molecule has 0 saturated carbocycles. The first-order valence-corrected chi connectivity index (χ1v) is 9.44. The fourth-order valence-electron chi connectivity index (χ4n) is 3.74. The molecule has 0 aromatic heterocycles. The third kappa shape index (κ3) is 5.60. The molecule has 4 nitrogen and oxygen atoms in total. The summed E-state index contributed by atoms with van der Waals surface area (Å²) in [4.78, 5) is 14.4. The summed E-state index contributed by atoms with van der Waals surface area (Å²) in [5, 5.41) is 3.02. The molecule has 2 heterocycles. The highest BCUT2D eigenvalue weighted by Crippen LogP contribution is 2.21. The summed E-state index contributed by atoms with van der Waals surface area (Å²) in [7, 11) is 0. The topological polar surface area (TPSA) is 41.6 Å². The summed E-state index contributed by atoms with van der Waals surface area (Å²) in [5.74, 6) is 0.953. The van der Waals surface area contributed by atoms with Crippen LogP contribution in [-0.2, 0) is 16.0 Å². The number of likely N-dealkylation sites (tertiary alicyclic amines) is 1. The van der Waals surface area contributed by atoms with Crippen molar-refractivity contribution >= 4 is 5.91 Å². The minimum atomic E-state index is 0.164. The van der Waals surface area contributed by atoms with Crippen molar-refractivity contribution in [2.75, 3.05) is 32.8 Å². The second-order valence-corrected chi connectivity index (χ2v) is 7.16. The Bertz CT molecular complexity index is 492. The van der Waals surface area contributed by atoms with Gasteiger partial charge in [-0.15, -0.1) is 0 Å². The minimum Gasteiger partial charge on any atom is -0.376 e. The smallest absolute Gasteiger partial charge is 0.221 e. The SMILES string of the molecule is O=C(CCN1CCC(Cc2ccccc2)CC1)NCC1CCCO1. The highest BCUT2D eigenvalue weighted by molar-refractivity contribution is 5.76. The molecule has 0 bridgehead atoms. The summed E-state index contributed by atoms with van der Waals surface area (Å²) in [6, 6.07) is 10.8. The van der Waals surface area contributed by atoms with Gasteiger partial charge in [0.25, 0.3) is 0 Å². The number of rotatable bonds is 7. The lowest BCUT2D eigenvalue weighted by Gasteiger charge is -2.31. The van der Waals surface area contributed by atoms with Crippen LogP contribution in [0.25, 0.3) is 0 Å². The number of piperidine rings is 1. The zero-order valence-corrected chi connectivity index (χ0v) is 14.6. The molecule has 0 radical (unpaired) electrons. The van der Waals surface area contributed by atoms with E-state index in [-0.39, 0.29) is 12.0 Å². The molecule has 3 rings (SSSR count). The summed E-state index contributed by atoms with van der Waals surface area (Å²) in [6.45, 7) is 4.65. The molecule has 4 heteroatoms. The Hall–Kier alpha value is -1.39. The Kier molecular flexibility index (Phi) is 6.67. The molecule has 1 atom stereocenters. The molecule has 1 amide bonds. The van der Waals surface area contributed by atoms with Crippen LogP contribution in [0.2, 0.25) is 0 Å². The summed E-state index contributed by atoms with van der Waals surface area (Å²) in [5.41, 5.74) is 1.45. The van der Waals surface area contributed by atoms with Crippen molar-refractivity contribution in [3.05, 3.63) is 35.9 Å². The van der Waals surface area contributed by atoms with Crippen molar-refractivity contribution < 1.29 is 9.53 Å². The minimum absolute atomic E-state index is 0.164. The predicted octanol–water partition coefficient (Wildman–Crippen LogP) is 2.63. The van der Waals surface area contributed by atoms with Gasteiger partial charge in [0, 0.05) is 26.1 Å². The van der Waals surface area contributed by atoms with Gasteiger partial charge in [0.15, 0.2) is 0 Å². The first-order valence-electron chi connectivity index (χ1n) is 9.44. The van der Waals surface area contributed by atoms with Crippen LogP contribution in [0.15, 0.2) is 30.3 Å². The van der Waals surface area contributed by atoms with Gasteiger partial charge in [-0.3, -0.25) is 4.79 Å². The number of carbonyl (C=O) groups excluding carboxylic acids is 1. The van der Waals surface area contributed by atoms with Gasteiger partial charge in [0.1, 0.15) is 0 Å². The molecule has 1 unspecified atom stereocenters. The van der Waals surface area contributed by atoms with Crippen LogP contribution in [0, 0.1) is 5.92 Å². The van der Waals surface area contributed by atoms with Gasteiger partial charge in [-0.1, -0.05) is 30.3 Å². The first-order chi connectivity index (χ1) is 11.8. The molecule has 1 aromatic rings. The number of hydrogen-bond donors (Lipinski definition) is 1. The average molecular weight is 330 g/mol. The van der Waals surface area contributed by atoms with Gasteiger partial charge < -0.3 is 15.0 Å². The highest BCUT2D eigenvalue weighted by atomic mass is 16.5. The Morgan fingerprint density at radius 1 is 1.17 bits per heavy atom. The second kappa shape index (κ2) is 9.19. The van der Waals surface area contributed by atoms with E-state index in [9.17, 15) is 4.79 Å². The standard InChI is InChI=1S/C20H30N2O2/c23-20(21-16-19-7-4-14-24-19)10-13-22-11-8-18(9-12-22)15-17-5-2-1-3-6-17/h1-3,5-6,18-19H,4,7-16H2,(H,21,23). The predicted molar refractivity (Wildman–Crippen MR) is 95.9 cm³/mol. The van der Waals surface area contributed by atoms with Gasteiger partial charge in [0.2, 0.25) is 5.91 Å². The number of nitrogens with one attached hydrogen (secondary N) is 1. The number of carbonyl (C=O) groups is 1. The Morgan fingerprint density at radius 2 is 1.96 bits per heavy atom. The van der Waals surface area contributed by atoms with Crippen LogP contribution in [0.1, 0.15) is 37.7 Å². The normalized spacial score (nSPS) is 22.6. The number of nitrogens with zero attached hydrogens (tertiary/aromatic N) is 1. The van der Waals surface area contributed by atoms with Crippen LogP contribution in [0.5, 0.6) is 0 Å². The van der Waals surface area contributed by atoms with E-state index in [2.05, 4.69) is 40.5 Å². The van der Waals surface area contributed by atoms with Crippen molar-refractivity contribution in [2.24, 2.45) is 5.92 Å². The molecule has 1 aromatic carbocycles. The molecule has 24 heavy (non-hydrogen) atoms. The van der Waals surface area contributed by atoms with Crippen molar-refractivity contribution in [1.29, 1.82) is 0 Å². The molecule has 2 fully saturated rings. The lowest BCUT2D eigenvalue weighted by Crippen LogP contribution is -2.38. The summed E-state index contributed by atoms with van der Waals surface area (Å²) >= 11 is 0. The maximum atomic E-state index is 12.0. The Labute approximate surface area is 145 Å². The lowest BCUT2D eigenvalue weighted by atomic mass is 9.90. The molecular weight excluding hydrogens is 300 g/mol. The maximum Gasteiger partial charge on any atom is 0.221 e. The molecule has 2 saturated heterocycles. The average Bonchev–Trinajstić information content (AvgIpc) is 3.14. The van der Waals surface area contributed by atoms with E-state index in [1.54, 1.807) is 0 Å². The Morgan fingerprint density at radius 3 is 2.67 bits per heavy atom. The number of hydrogen-bond acceptors (Lipinski definition) is 3. The highest BCUT2D eigenvalue weighted by Gasteiger charge is 2.20. The third-order valence-corrected chi connectivity index (χ3v) is 5.28. The quantitative estimate of drug-likeness (QED) is 0.836. The van der Waals surface area contributed by atoms with Crippen LogP contribution >= 0.6 is 0 Å². The van der Waals surface area contributed by atoms with E-state index in [4.69, 9.17) is 4.74 Å². The van der Waals surface area contributed by atoms with Crippen molar-refractivity contribution in [3.63, 3.8) is 0 Å². The van der Waals surface area contributed by atoms with Gasteiger partial charge in [-0.05, 0) is 56.7 Å². The third-order valence-electron chi connectivity index (χ3n) is 5.28. The molecule has 132 valence electrons. The van der Waals surface area contributed by atoms with Crippen LogP contribution in [0.4, 0.5) is 0 Å². The van der Waals surface area contributed by atoms with E-state index < -0.39 is 0 Å². The number of ether oxygens (including phenoxy) is 1. The second-order valence-electron chi connectivity index (χ2n) is 7.16. The maximum absolute atomic E-state index is 12.0. The van der Waals surface area contributed by atoms with E-state index in [0.29, 0.717) is 13.0 Å². The van der Waals surface area contributed by atoms with Crippen molar-refractivity contribution in [2.45, 2.75) is 44.6 Å². The summed E-state index contributed by atoms with van der Waals surface area (Å²) < 4.78 is 5.53. The molecular formula is C20H30N2O2. The van der Waals surface area contributed by atoms with E-state index in [0.717, 1.165) is 45.0 Å². The number of benzene rings is 1. The zero-order valence-electron chi connectivity index (χ0n) is 14.6. The molecule has 0 spiro atoms. The van der Waals surface area contributed by atoms with Crippen LogP contribution in [0.3, 0.4) is 0 Å². The first kappa shape index (κ1) is 17.4. The fourth-order valence-corrected chi connectivity index (χ4v) is 3.74. The van der Waals surface area contributed by atoms with E-state index in [1.807, 2.05) is 0 Å². The zero-order chi connectivity index (χ0) is 16.6. The van der Waals surface area contributed by atoms with Gasteiger partial charge >= 0.3 is 0 Å². The Balaban J connectivity index is 1.28. The van der Waals surface area contributed by atoms with Crippen molar-refractivity contribution in [1.82, 2.24) is 10.2 Å². The monoisotopic (exact) mass is 330 g/mol. The molecule has 1 N–H and O–H groups in total. The fraction of sp³-hybridized carbons (Fsp3) is 0.650. The molecule has 2 aliphatic rings. The largest absolute Gasteiger partial charge is 0.376 e. The molecule has 0 aliphatic carbocycles. The molecule has 2 aliphatic heterocycles. The van der Waals surface area contributed by atoms with Crippen LogP contribution in [-0.4, -0.2) is 49.7 Å². The van der Waals surface area contributed by atoms with Gasteiger partial charge in [0.05, 0.1) is 6.10 Å². The van der Waals surface area contributed by atoms with E-state index in [1.165, 1.54) is 24.8 Å².